The highest BCUT2D eigenvalue weighted by atomic mass is 32.1. The molecular weight excluding hydrogens is 582 g/mol. The molecule has 12 nitrogen and oxygen atoms in total. The molecular formula is C31H49N7O5S. The summed E-state index contributed by atoms with van der Waals surface area (Å²) in [4.78, 5) is 56.2. The topological polar surface area (TPSA) is 160 Å². The van der Waals surface area contributed by atoms with Crippen LogP contribution in [0.1, 0.15) is 44.2 Å². The molecule has 0 fully saturated rings. The van der Waals surface area contributed by atoms with E-state index in [1.54, 1.807) is 52.5 Å². The van der Waals surface area contributed by atoms with Crippen LogP contribution in [-0.4, -0.2) is 96.6 Å². The Morgan fingerprint density at radius 3 is 1.86 bits per heavy atom. The molecule has 0 aliphatic rings. The van der Waals surface area contributed by atoms with Crippen LogP contribution < -0.4 is 21.8 Å². The zero-order valence-electron chi connectivity index (χ0n) is 27.0. The Bertz CT molecular complexity index is 1210. The van der Waals surface area contributed by atoms with E-state index >= 15 is 0 Å². The number of carbonyl (C=O) groups is 4. The minimum absolute atomic E-state index is 0.153. The third-order valence-corrected chi connectivity index (χ3v) is 8.07. The normalized spacial score (nSPS) is 14.8. The van der Waals surface area contributed by atoms with Crippen molar-refractivity contribution in [1.82, 2.24) is 30.9 Å². The summed E-state index contributed by atoms with van der Waals surface area (Å²) in [6.45, 7) is 7.35. The number of amides is 5. The zero-order valence-corrected chi connectivity index (χ0v) is 27.8. The second-order valence-corrected chi connectivity index (χ2v) is 13.0. The molecule has 6 N–H and O–H groups in total. The first-order valence-corrected chi connectivity index (χ1v) is 15.6. The van der Waals surface area contributed by atoms with Gasteiger partial charge < -0.3 is 31.3 Å². The van der Waals surface area contributed by atoms with Crippen LogP contribution in [0, 0.1) is 17.8 Å². The van der Waals surface area contributed by atoms with Gasteiger partial charge in [0.15, 0.2) is 5.78 Å². The predicted octanol–water partition coefficient (Wildman–Crippen LogP) is 2.42. The summed E-state index contributed by atoms with van der Waals surface area (Å²) in [7, 11) is 6.33. The molecule has 0 radical (unpaired) electrons. The summed E-state index contributed by atoms with van der Waals surface area (Å²) in [5, 5.41) is 20.7. The van der Waals surface area contributed by atoms with Crippen molar-refractivity contribution >= 4 is 35.1 Å². The maximum absolute atomic E-state index is 14.2. The first-order chi connectivity index (χ1) is 20.6. The molecule has 0 saturated carbocycles. The van der Waals surface area contributed by atoms with Crippen LogP contribution in [0.25, 0.3) is 0 Å². The minimum atomic E-state index is -1.34. The van der Waals surface area contributed by atoms with E-state index in [0.717, 1.165) is 4.88 Å². The van der Waals surface area contributed by atoms with Crippen LogP contribution in [0.3, 0.4) is 0 Å². The second-order valence-electron chi connectivity index (χ2n) is 12.0. The fraction of sp³-hybridized carbons (Fsp3) is 0.548. The molecule has 1 aromatic heterocycles. The van der Waals surface area contributed by atoms with E-state index in [0.29, 0.717) is 5.56 Å². The van der Waals surface area contributed by atoms with Crippen molar-refractivity contribution in [3.05, 3.63) is 58.3 Å². The smallest absolute Gasteiger partial charge is 0.317 e. The van der Waals surface area contributed by atoms with Crippen LogP contribution in [0.15, 0.2) is 47.8 Å². The molecule has 1 heterocycles. The van der Waals surface area contributed by atoms with Crippen molar-refractivity contribution < 1.29 is 24.3 Å². The van der Waals surface area contributed by atoms with Gasteiger partial charge in [0, 0.05) is 45.7 Å². The van der Waals surface area contributed by atoms with E-state index in [1.807, 2.05) is 51.3 Å². The summed E-state index contributed by atoms with van der Waals surface area (Å²) < 4.78 is 0. The van der Waals surface area contributed by atoms with E-state index in [-0.39, 0.29) is 24.9 Å². The number of hydrazine groups is 1. The molecule has 5 amide bonds. The number of nitrogens with zero attached hydrogens (tertiary/aromatic N) is 3. The van der Waals surface area contributed by atoms with Crippen molar-refractivity contribution in [3.63, 3.8) is 0 Å². The fourth-order valence-electron chi connectivity index (χ4n) is 4.63. The number of nitrogens with two attached hydrogens (primary N) is 1. The van der Waals surface area contributed by atoms with E-state index in [1.165, 1.54) is 26.1 Å². The highest BCUT2D eigenvalue weighted by molar-refractivity contribution is 7.09. The van der Waals surface area contributed by atoms with Crippen LogP contribution in [0.2, 0.25) is 0 Å². The van der Waals surface area contributed by atoms with Crippen LogP contribution in [0.4, 0.5) is 9.59 Å². The number of carbonyl (C=O) groups excluding carboxylic acids is 4. The Labute approximate surface area is 264 Å². The van der Waals surface area contributed by atoms with Crippen molar-refractivity contribution in [2.75, 3.05) is 34.7 Å². The summed E-state index contributed by atoms with van der Waals surface area (Å²) in [5.41, 5.74) is 10.2. The fourth-order valence-corrected chi connectivity index (χ4v) is 5.35. The van der Waals surface area contributed by atoms with E-state index in [4.69, 9.17) is 5.73 Å². The molecule has 2 unspecified atom stereocenters. The number of ketones is 1. The molecule has 0 saturated heterocycles. The molecule has 44 heavy (non-hydrogen) atoms. The van der Waals surface area contributed by atoms with Gasteiger partial charge >= 0.3 is 12.1 Å². The summed E-state index contributed by atoms with van der Waals surface area (Å²) >= 11 is 1.48. The van der Waals surface area contributed by atoms with Crippen molar-refractivity contribution in [1.29, 1.82) is 0 Å². The number of aliphatic hydroxyl groups is 1. The van der Waals surface area contributed by atoms with Crippen molar-refractivity contribution in [3.8, 4) is 0 Å². The third-order valence-electron chi connectivity index (χ3n) is 7.21. The van der Waals surface area contributed by atoms with E-state index < -0.39 is 53.9 Å². The Morgan fingerprint density at radius 2 is 1.39 bits per heavy atom. The lowest BCUT2D eigenvalue weighted by molar-refractivity contribution is -0.133. The van der Waals surface area contributed by atoms with Gasteiger partial charge in [-0.3, -0.25) is 15.0 Å². The lowest BCUT2D eigenvalue weighted by Crippen LogP contribution is -2.58. The minimum Gasteiger partial charge on any atom is -0.391 e. The van der Waals surface area contributed by atoms with Gasteiger partial charge in [0.1, 0.15) is 6.04 Å². The van der Waals surface area contributed by atoms with E-state index in [2.05, 4.69) is 16.1 Å². The standard InChI is InChI=1S/C31H49N7O5S/c1-19(2)26(33-30(42)36(5)6)28(40)24(25(32)21-13-10-9-11-14-21)23(39)18-38(17-22-15-12-16-44-22)35-29(41)27(20(3)4)34-31(43)37(7)8/h9-16,19-20,23-27,39H,17-18,32H2,1-8H3,(H,33,42)(H,34,43)(H,35,41)/t23-,24?,25?,26-,27-/m0/s1. The number of benzene rings is 1. The third kappa shape index (κ3) is 10.6. The number of thiophene rings is 1. The Morgan fingerprint density at radius 1 is 0.841 bits per heavy atom. The summed E-state index contributed by atoms with van der Waals surface area (Å²) in [6.07, 6.45) is -1.34. The monoisotopic (exact) mass is 631 g/mol. The van der Waals surface area contributed by atoms with Gasteiger partial charge in [-0.15, -0.1) is 11.3 Å². The van der Waals surface area contributed by atoms with Gasteiger partial charge in [0.2, 0.25) is 0 Å². The highest BCUT2D eigenvalue weighted by Gasteiger charge is 2.40. The molecule has 244 valence electrons. The average molecular weight is 632 g/mol. The van der Waals surface area contributed by atoms with Crippen molar-refractivity contribution in [2.45, 2.75) is 58.5 Å². The molecule has 5 atom stereocenters. The maximum Gasteiger partial charge on any atom is 0.317 e. The van der Waals surface area contributed by atoms with Gasteiger partial charge in [-0.2, -0.15) is 0 Å². The number of rotatable bonds is 15. The number of Topliss-reactive ketones (excluding diaryl/α,β-unsaturated/α-hetero) is 1. The first-order valence-electron chi connectivity index (χ1n) is 14.7. The predicted molar refractivity (Wildman–Crippen MR) is 172 cm³/mol. The Hall–Kier alpha value is -3.52. The lowest BCUT2D eigenvalue weighted by atomic mass is 9.80. The molecule has 0 aliphatic carbocycles. The average Bonchev–Trinajstić information content (AvgIpc) is 3.47. The maximum atomic E-state index is 14.2. The molecule has 13 heteroatoms. The molecule has 0 aliphatic heterocycles. The highest BCUT2D eigenvalue weighted by Crippen LogP contribution is 2.27. The molecule has 2 aromatic rings. The van der Waals surface area contributed by atoms with Crippen LogP contribution in [0.5, 0.6) is 0 Å². The van der Waals surface area contributed by atoms with Gasteiger partial charge in [0.25, 0.3) is 5.91 Å². The van der Waals surface area contributed by atoms with Crippen molar-refractivity contribution in [2.24, 2.45) is 23.5 Å². The number of urea groups is 2. The number of nitrogens with one attached hydrogen (secondary N) is 3. The molecule has 1 aromatic carbocycles. The quantitative estimate of drug-likeness (QED) is 0.189. The lowest BCUT2D eigenvalue weighted by Gasteiger charge is -2.35. The molecule has 0 bridgehead atoms. The second kappa shape index (κ2) is 17.1. The summed E-state index contributed by atoms with van der Waals surface area (Å²) in [6, 6.07) is 9.23. The van der Waals surface area contributed by atoms with Gasteiger partial charge in [0.05, 0.1) is 24.6 Å². The van der Waals surface area contributed by atoms with Gasteiger partial charge in [-0.1, -0.05) is 64.1 Å². The van der Waals surface area contributed by atoms with Crippen LogP contribution in [-0.2, 0) is 16.1 Å². The molecule has 2 rings (SSSR count). The van der Waals surface area contributed by atoms with Crippen LogP contribution >= 0.6 is 11.3 Å². The first kappa shape index (κ1) is 36.7. The number of hydrogen-bond acceptors (Lipinski definition) is 8. The van der Waals surface area contributed by atoms with Gasteiger partial charge in [-0.25, -0.2) is 14.6 Å². The van der Waals surface area contributed by atoms with E-state index in [9.17, 15) is 24.3 Å². The molecule has 0 spiro atoms. The zero-order chi connectivity index (χ0) is 33.1. The summed E-state index contributed by atoms with van der Waals surface area (Å²) in [5.74, 6) is -2.55. The largest absolute Gasteiger partial charge is 0.391 e. The SMILES string of the molecule is CC(C)[C@H](NC(=O)N(C)C)C(=O)NN(Cc1cccs1)C[C@H](O)C(C(=O)[C@@H](NC(=O)N(C)C)C(C)C)C(N)c1ccccc1. The van der Waals surface area contributed by atoms with Gasteiger partial charge in [-0.05, 0) is 28.8 Å². The Kier molecular flexibility index (Phi) is 14.2. The Balaban J connectivity index is 2.45. The number of aliphatic hydroxyl groups excluding tert-OH is 1. The number of hydrogen-bond donors (Lipinski definition) is 5.